The smallest absolute Gasteiger partial charge is 0.0927 e. The summed E-state index contributed by atoms with van der Waals surface area (Å²) >= 11 is 13.8. The van der Waals surface area contributed by atoms with Gasteiger partial charge in [-0.2, -0.15) is 11.8 Å². The highest BCUT2D eigenvalue weighted by atomic mass is 35.5. The molecule has 2 atom stereocenters. The lowest BCUT2D eigenvalue weighted by Crippen LogP contribution is -2.36. The molecule has 0 spiro atoms. The minimum Gasteiger partial charge on any atom is -0.390 e. The van der Waals surface area contributed by atoms with Gasteiger partial charge in [-0.3, -0.25) is 0 Å². The van der Waals surface area contributed by atoms with E-state index < -0.39 is 6.10 Å². The van der Waals surface area contributed by atoms with Crippen LogP contribution in [-0.4, -0.2) is 35.4 Å². The summed E-state index contributed by atoms with van der Waals surface area (Å²) in [5.41, 5.74) is 0.867. The number of hydrogen-bond donors (Lipinski definition) is 1. The van der Waals surface area contributed by atoms with Crippen LogP contribution in [0.2, 0.25) is 10.0 Å². The number of aliphatic hydroxyl groups excluding tert-OH is 1. The van der Waals surface area contributed by atoms with Crippen molar-refractivity contribution < 1.29 is 9.84 Å². The minimum atomic E-state index is -0.529. The Hall–Kier alpha value is 0.0700. The first-order valence-corrected chi connectivity index (χ1v) is 7.40. The molecule has 2 unspecified atom stereocenters. The largest absolute Gasteiger partial charge is 0.390 e. The van der Waals surface area contributed by atoms with Gasteiger partial charge in [0, 0.05) is 17.9 Å². The van der Waals surface area contributed by atoms with Crippen LogP contribution in [0.15, 0.2) is 18.2 Å². The van der Waals surface area contributed by atoms with Crippen molar-refractivity contribution in [3.8, 4) is 0 Å². The molecule has 5 heteroatoms. The number of thioether (sulfide) groups is 1. The molecule has 1 N–H and O–H groups in total. The summed E-state index contributed by atoms with van der Waals surface area (Å²) in [6.07, 6.45) is -0.160. The second-order valence-electron chi connectivity index (χ2n) is 3.97. The molecule has 1 aliphatic heterocycles. The molecule has 1 aliphatic rings. The van der Waals surface area contributed by atoms with Crippen molar-refractivity contribution in [2.75, 3.05) is 18.1 Å². The summed E-state index contributed by atoms with van der Waals surface area (Å²) in [5.74, 6) is 1.83. The zero-order valence-electron chi connectivity index (χ0n) is 9.23. The maximum absolute atomic E-state index is 10.1. The van der Waals surface area contributed by atoms with Gasteiger partial charge in [0.25, 0.3) is 0 Å². The Morgan fingerprint density at radius 3 is 3.00 bits per heavy atom. The molecule has 17 heavy (non-hydrogen) atoms. The summed E-state index contributed by atoms with van der Waals surface area (Å²) < 4.78 is 5.54. The van der Waals surface area contributed by atoms with E-state index >= 15 is 0 Å². The predicted molar refractivity (Wildman–Crippen MR) is 73.2 cm³/mol. The van der Waals surface area contributed by atoms with E-state index in [0.717, 1.165) is 17.1 Å². The van der Waals surface area contributed by atoms with E-state index in [4.69, 9.17) is 27.9 Å². The van der Waals surface area contributed by atoms with Gasteiger partial charge in [0.15, 0.2) is 0 Å². The molecule has 2 rings (SSSR count). The monoisotopic (exact) mass is 292 g/mol. The van der Waals surface area contributed by atoms with Crippen molar-refractivity contribution in [2.24, 2.45) is 0 Å². The molecule has 94 valence electrons. The van der Waals surface area contributed by atoms with Crippen molar-refractivity contribution in [3.63, 3.8) is 0 Å². The summed E-state index contributed by atoms with van der Waals surface area (Å²) in [6.45, 7) is 0.704. The van der Waals surface area contributed by atoms with Gasteiger partial charge < -0.3 is 9.84 Å². The number of hydrogen-bond acceptors (Lipinski definition) is 3. The molecule has 0 saturated carbocycles. The summed E-state index contributed by atoms with van der Waals surface area (Å²) in [4.78, 5) is 0. The molecule has 0 aliphatic carbocycles. The first-order chi connectivity index (χ1) is 8.18. The van der Waals surface area contributed by atoms with Crippen molar-refractivity contribution >= 4 is 35.0 Å². The van der Waals surface area contributed by atoms with Gasteiger partial charge in [0.1, 0.15) is 0 Å². The molecule has 1 aromatic carbocycles. The summed E-state index contributed by atoms with van der Waals surface area (Å²) in [6, 6.07) is 5.47. The van der Waals surface area contributed by atoms with Crippen LogP contribution in [-0.2, 0) is 11.2 Å². The van der Waals surface area contributed by atoms with E-state index in [1.165, 1.54) is 0 Å². The molecule has 0 amide bonds. The third-order valence-electron chi connectivity index (χ3n) is 2.73. The summed E-state index contributed by atoms with van der Waals surface area (Å²) in [7, 11) is 0. The van der Waals surface area contributed by atoms with Crippen LogP contribution in [0.5, 0.6) is 0 Å². The van der Waals surface area contributed by atoms with Crippen LogP contribution in [0, 0.1) is 0 Å². The van der Waals surface area contributed by atoms with E-state index in [0.29, 0.717) is 23.1 Å². The minimum absolute atomic E-state index is 0.108. The van der Waals surface area contributed by atoms with E-state index in [2.05, 4.69) is 0 Å². The number of benzene rings is 1. The van der Waals surface area contributed by atoms with Crippen molar-refractivity contribution in [1.29, 1.82) is 0 Å². The Balaban J connectivity index is 2.01. The van der Waals surface area contributed by atoms with Gasteiger partial charge in [-0.1, -0.05) is 35.3 Å². The Bertz CT molecular complexity index is 381. The van der Waals surface area contributed by atoms with Gasteiger partial charge in [0.2, 0.25) is 0 Å². The predicted octanol–water partition coefficient (Wildman–Crippen LogP) is 3.03. The van der Waals surface area contributed by atoms with Gasteiger partial charge >= 0.3 is 0 Å². The fraction of sp³-hybridized carbons (Fsp3) is 0.500. The standard InChI is InChI=1S/C12H14Cl2O2S/c13-9-3-1-2-8(12(9)14)6-10(15)11-7-17-5-4-16-11/h1-3,10-11,15H,4-7H2. The van der Waals surface area contributed by atoms with Crippen LogP contribution in [0.4, 0.5) is 0 Å². The zero-order chi connectivity index (χ0) is 12.3. The average molecular weight is 293 g/mol. The Kier molecular flexibility index (Phi) is 5.00. The van der Waals surface area contributed by atoms with E-state index in [1.54, 1.807) is 17.8 Å². The number of ether oxygens (including phenoxy) is 1. The summed E-state index contributed by atoms with van der Waals surface area (Å²) in [5, 5.41) is 11.2. The third kappa shape index (κ3) is 3.52. The zero-order valence-corrected chi connectivity index (χ0v) is 11.6. The molecule has 1 saturated heterocycles. The first kappa shape index (κ1) is 13.5. The molecule has 1 heterocycles. The quantitative estimate of drug-likeness (QED) is 0.929. The number of aliphatic hydroxyl groups is 1. The lowest BCUT2D eigenvalue weighted by molar-refractivity contribution is -0.0207. The molecule has 0 radical (unpaired) electrons. The second kappa shape index (κ2) is 6.30. The van der Waals surface area contributed by atoms with Crippen LogP contribution < -0.4 is 0 Å². The van der Waals surface area contributed by atoms with Gasteiger partial charge in [-0.25, -0.2) is 0 Å². The molecule has 0 bridgehead atoms. The highest BCUT2D eigenvalue weighted by Crippen LogP contribution is 2.27. The third-order valence-corrected chi connectivity index (χ3v) is 4.61. The van der Waals surface area contributed by atoms with Crippen LogP contribution in [0.1, 0.15) is 5.56 Å². The maximum atomic E-state index is 10.1. The lowest BCUT2D eigenvalue weighted by Gasteiger charge is -2.27. The first-order valence-electron chi connectivity index (χ1n) is 5.49. The highest BCUT2D eigenvalue weighted by molar-refractivity contribution is 7.99. The highest BCUT2D eigenvalue weighted by Gasteiger charge is 2.23. The second-order valence-corrected chi connectivity index (χ2v) is 5.90. The molecule has 1 fully saturated rings. The Labute approximate surface area is 115 Å². The Morgan fingerprint density at radius 1 is 1.47 bits per heavy atom. The number of rotatable bonds is 3. The molecular weight excluding hydrogens is 279 g/mol. The molecular formula is C12H14Cl2O2S. The van der Waals surface area contributed by atoms with Crippen molar-refractivity contribution in [1.82, 2.24) is 0 Å². The van der Waals surface area contributed by atoms with Crippen molar-refractivity contribution in [3.05, 3.63) is 33.8 Å². The molecule has 2 nitrogen and oxygen atoms in total. The van der Waals surface area contributed by atoms with Crippen LogP contribution in [0.25, 0.3) is 0 Å². The van der Waals surface area contributed by atoms with Crippen LogP contribution in [0.3, 0.4) is 0 Å². The van der Waals surface area contributed by atoms with Crippen molar-refractivity contribution in [2.45, 2.75) is 18.6 Å². The lowest BCUT2D eigenvalue weighted by atomic mass is 10.0. The number of halogens is 2. The SMILES string of the molecule is OC(Cc1cccc(Cl)c1Cl)C1CSCCO1. The van der Waals surface area contributed by atoms with Gasteiger partial charge in [-0.15, -0.1) is 0 Å². The van der Waals surface area contributed by atoms with Crippen LogP contribution >= 0.6 is 35.0 Å². The topological polar surface area (TPSA) is 29.5 Å². The van der Waals surface area contributed by atoms with E-state index in [9.17, 15) is 5.11 Å². The maximum Gasteiger partial charge on any atom is 0.0927 e. The Morgan fingerprint density at radius 2 is 2.29 bits per heavy atom. The average Bonchev–Trinajstić information content (AvgIpc) is 2.36. The van der Waals surface area contributed by atoms with Gasteiger partial charge in [-0.05, 0) is 11.6 Å². The van der Waals surface area contributed by atoms with E-state index in [1.807, 2.05) is 12.1 Å². The van der Waals surface area contributed by atoms with Gasteiger partial charge in [0.05, 0.1) is 28.9 Å². The normalized spacial score (nSPS) is 22.4. The fourth-order valence-electron chi connectivity index (χ4n) is 1.79. The molecule has 1 aromatic rings. The fourth-order valence-corrected chi connectivity index (χ4v) is 3.12. The molecule has 0 aromatic heterocycles. The van der Waals surface area contributed by atoms with E-state index in [-0.39, 0.29) is 6.10 Å².